The number of hydrogen-bond donors (Lipinski definition) is 2. The van der Waals surface area contributed by atoms with Crippen LogP contribution >= 0.6 is 11.3 Å². The first-order valence-electron chi connectivity index (χ1n) is 5.77. The summed E-state index contributed by atoms with van der Waals surface area (Å²) in [6.07, 6.45) is 0. The van der Waals surface area contributed by atoms with Crippen molar-refractivity contribution in [2.45, 2.75) is 20.4 Å². The Bertz CT molecular complexity index is 671. The number of anilines is 1. The van der Waals surface area contributed by atoms with Gasteiger partial charge in [-0.25, -0.2) is 18.6 Å². The molecule has 0 spiro atoms. The molecule has 0 saturated heterocycles. The Morgan fingerprint density at radius 1 is 1.35 bits per heavy atom. The van der Waals surface area contributed by atoms with Crippen LogP contribution in [0.25, 0.3) is 0 Å². The lowest BCUT2D eigenvalue weighted by Gasteiger charge is -2.08. The minimum Gasteiger partial charge on any atom is -0.478 e. The van der Waals surface area contributed by atoms with Crippen molar-refractivity contribution in [2.24, 2.45) is 0 Å². The van der Waals surface area contributed by atoms with Crippen LogP contribution in [0.1, 0.15) is 25.9 Å². The second kappa shape index (κ2) is 5.54. The predicted molar refractivity (Wildman–Crippen MR) is 72.2 cm³/mol. The van der Waals surface area contributed by atoms with Crippen molar-refractivity contribution in [1.29, 1.82) is 0 Å². The van der Waals surface area contributed by atoms with Crippen molar-refractivity contribution in [2.75, 3.05) is 5.32 Å². The molecule has 7 heteroatoms. The van der Waals surface area contributed by atoms with E-state index in [4.69, 9.17) is 5.11 Å². The molecule has 0 atom stereocenters. The minimum absolute atomic E-state index is 0.0470. The number of aromatic nitrogens is 1. The molecule has 0 saturated carbocycles. The second-order valence-electron chi connectivity index (χ2n) is 4.21. The topological polar surface area (TPSA) is 62.2 Å². The molecule has 0 unspecified atom stereocenters. The first-order valence-corrected chi connectivity index (χ1v) is 6.59. The van der Waals surface area contributed by atoms with E-state index in [2.05, 4.69) is 10.3 Å². The fourth-order valence-corrected chi connectivity index (χ4v) is 2.64. The van der Waals surface area contributed by atoms with Gasteiger partial charge in [0.2, 0.25) is 0 Å². The van der Waals surface area contributed by atoms with Gasteiger partial charge in [-0.05, 0) is 19.9 Å². The Hall–Kier alpha value is -2.02. The van der Waals surface area contributed by atoms with Crippen LogP contribution in [-0.4, -0.2) is 16.1 Å². The number of aryl methyl sites for hydroxylation is 2. The van der Waals surface area contributed by atoms with Crippen LogP contribution in [0.5, 0.6) is 0 Å². The summed E-state index contributed by atoms with van der Waals surface area (Å²) in [5.74, 6) is -3.35. The van der Waals surface area contributed by atoms with Gasteiger partial charge in [0.1, 0.15) is 11.6 Å². The molecule has 106 valence electrons. The summed E-state index contributed by atoms with van der Waals surface area (Å²) in [5, 5.41) is 12.5. The van der Waals surface area contributed by atoms with Crippen molar-refractivity contribution >= 4 is 23.0 Å². The number of nitrogens with zero attached hydrogens (tertiary/aromatic N) is 1. The van der Waals surface area contributed by atoms with Crippen LogP contribution in [0.2, 0.25) is 0 Å². The van der Waals surface area contributed by atoms with Crippen molar-refractivity contribution in [1.82, 2.24) is 4.98 Å². The number of carboxylic acids is 1. The highest BCUT2D eigenvalue weighted by Gasteiger charge is 2.15. The zero-order chi connectivity index (χ0) is 14.9. The lowest BCUT2D eigenvalue weighted by atomic mass is 10.1. The molecule has 2 rings (SSSR count). The van der Waals surface area contributed by atoms with E-state index in [-0.39, 0.29) is 5.69 Å². The zero-order valence-corrected chi connectivity index (χ0v) is 11.6. The highest BCUT2D eigenvalue weighted by atomic mass is 32.1. The second-order valence-corrected chi connectivity index (χ2v) is 5.50. The molecule has 0 aliphatic rings. The van der Waals surface area contributed by atoms with Crippen molar-refractivity contribution in [3.63, 3.8) is 0 Å². The Morgan fingerprint density at radius 2 is 2.05 bits per heavy atom. The summed E-state index contributed by atoms with van der Waals surface area (Å²) in [7, 11) is 0. The van der Waals surface area contributed by atoms with Crippen LogP contribution in [0.15, 0.2) is 12.1 Å². The average Bonchev–Trinajstić information content (AvgIpc) is 2.66. The summed E-state index contributed by atoms with van der Waals surface area (Å²) in [6, 6.07) is 1.52. The summed E-state index contributed by atoms with van der Waals surface area (Å²) < 4.78 is 26.9. The van der Waals surface area contributed by atoms with Crippen molar-refractivity contribution in [3.05, 3.63) is 44.9 Å². The van der Waals surface area contributed by atoms with Crippen molar-refractivity contribution < 1.29 is 18.7 Å². The number of hydrogen-bond acceptors (Lipinski definition) is 4. The molecule has 20 heavy (non-hydrogen) atoms. The molecule has 1 aromatic carbocycles. The van der Waals surface area contributed by atoms with Crippen LogP contribution in [0.4, 0.5) is 14.5 Å². The molecule has 0 radical (unpaired) electrons. The molecule has 0 aliphatic heterocycles. The van der Waals surface area contributed by atoms with Crippen molar-refractivity contribution in [3.8, 4) is 0 Å². The molecule has 1 aromatic heterocycles. The van der Waals surface area contributed by atoms with Crippen LogP contribution in [0, 0.1) is 25.5 Å². The van der Waals surface area contributed by atoms with Crippen LogP contribution in [-0.2, 0) is 6.54 Å². The highest BCUT2D eigenvalue weighted by molar-refractivity contribution is 7.11. The van der Waals surface area contributed by atoms with Gasteiger partial charge in [-0.3, -0.25) is 0 Å². The summed E-state index contributed by atoms with van der Waals surface area (Å²) in [5.41, 5.74) is 0.223. The first kappa shape index (κ1) is 14.4. The molecule has 0 bridgehead atoms. The lowest BCUT2D eigenvalue weighted by molar-refractivity contribution is 0.0692. The molecular formula is C13H12F2N2O2S. The maximum atomic E-state index is 13.6. The predicted octanol–water partition coefficient (Wildman–Crippen LogP) is 3.35. The zero-order valence-electron chi connectivity index (χ0n) is 10.8. The van der Waals surface area contributed by atoms with Gasteiger partial charge in [-0.1, -0.05) is 0 Å². The normalized spacial score (nSPS) is 10.6. The third kappa shape index (κ3) is 2.93. The number of carbonyl (C=O) groups is 1. The van der Waals surface area contributed by atoms with Crippen LogP contribution in [0.3, 0.4) is 0 Å². The van der Waals surface area contributed by atoms with E-state index in [9.17, 15) is 13.6 Å². The molecule has 0 amide bonds. The maximum absolute atomic E-state index is 13.6. The van der Waals surface area contributed by atoms with Gasteiger partial charge in [-0.2, -0.15) is 0 Å². The van der Waals surface area contributed by atoms with E-state index in [0.29, 0.717) is 12.6 Å². The average molecular weight is 298 g/mol. The molecule has 0 aliphatic carbocycles. The number of rotatable bonds is 4. The number of halogens is 2. The maximum Gasteiger partial charge on any atom is 0.338 e. The number of thiazole rings is 1. The third-order valence-electron chi connectivity index (χ3n) is 2.73. The van der Waals surface area contributed by atoms with E-state index in [1.165, 1.54) is 11.3 Å². The standard InChI is InChI=1S/C13H12F2N2O2S/c1-6-12(20-7(2)17-6)5-16-11-3-8(13(18)19)9(14)4-10(11)15/h3-4,16H,5H2,1-2H3,(H,18,19). The Morgan fingerprint density at radius 3 is 2.60 bits per heavy atom. The Kier molecular flexibility index (Phi) is 3.99. The molecular weight excluding hydrogens is 286 g/mol. The van der Waals surface area contributed by atoms with Gasteiger partial charge in [0.05, 0.1) is 28.5 Å². The molecule has 1 heterocycles. The third-order valence-corrected chi connectivity index (χ3v) is 3.80. The Balaban J connectivity index is 2.23. The van der Waals surface area contributed by atoms with Gasteiger partial charge in [0.15, 0.2) is 0 Å². The van der Waals surface area contributed by atoms with Gasteiger partial charge in [-0.15, -0.1) is 11.3 Å². The van der Waals surface area contributed by atoms with Gasteiger partial charge in [0.25, 0.3) is 0 Å². The molecule has 4 nitrogen and oxygen atoms in total. The van der Waals surface area contributed by atoms with Gasteiger partial charge in [0, 0.05) is 10.9 Å². The number of benzene rings is 1. The van der Waals surface area contributed by atoms with Gasteiger partial charge < -0.3 is 10.4 Å². The quantitative estimate of drug-likeness (QED) is 0.908. The fourth-order valence-electron chi connectivity index (χ4n) is 1.76. The van der Waals surface area contributed by atoms with E-state index < -0.39 is 23.2 Å². The smallest absolute Gasteiger partial charge is 0.338 e. The van der Waals surface area contributed by atoms with Crippen LogP contribution < -0.4 is 5.32 Å². The largest absolute Gasteiger partial charge is 0.478 e. The fraction of sp³-hybridized carbons (Fsp3) is 0.231. The highest BCUT2D eigenvalue weighted by Crippen LogP contribution is 2.23. The van der Waals surface area contributed by atoms with Gasteiger partial charge >= 0.3 is 5.97 Å². The lowest BCUT2D eigenvalue weighted by Crippen LogP contribution is -2.06. The van der Waals surface area contributed by atoms with E-state index in [1.807, 2.05) is 13.8 Å². The summed E-state index contributed by atoms with van der Waals surface area (Å²) in [6.45, 7) is 4.01. The Labute approximate surface area is 118 Å². The number of carboxylic acid groups (broad SMARTS) is 1. The summed E-state index contributed by atoms with van der Waals surface area (Å²) in [4.78, 5) is 16.0. The summed E-state index contributed by atoms with van der Waals surface area (Å²) >= 11 is 1.47. The molecule has 2 N–H and O–H groups in total. The first-order chi connectivity index (χ1) is 9.38. The van der Waals surface area contributed by atoms with E-state index in [1.54, 1.807) is 0 Å². The molecule has 2 aromatic rings. The van der Waals surface area contributed by atoms with E-state index >= 15 is 0 Å². The van der Waals surface area contributed by atoms with E-state index in [0.717, 1.165) is 21.6 Å². The monoisotopic (exact) mass is 298 g/mol. The molecule has 0 fully saturated rings. The number of aromatic carboxylic acids is 1. The minimum atomic E-state index is -1.43. The SMILES string of the molecule is Cc1nc(C)c(CNc2cc(C(=O)O)c(F)cc2F)s1. The number of nitrogens with one attached hydrogen (secondary N) is 1.